The average molecular weight is 363 g/mol. The van der Waals surface area contributed by atoms with Gasteiger partial charge < -0.3 is 19.5 Å². The van der Waals surface area contributed by atoms with Crippen LogP contribution in [0.1, 0.15) is 17.3 Å². The lowest BCUT2D eigenvalue weighted by Gasteiger charge is -2.13. The molecule has 0 heterocycles. The Labute approximate surface area is 158 Å². The number of para-hydroxylation sites is 3. The minimum absolute atomic E-state index is 0.263. The van der Waals surface area contributed by atoms with Gasteiger partial charge in [0.1, 0.15) is 5.75 Å². The third kappa shape index (κ3) is 4.58. The molecule has 5 heteroatoms. The molecular formula is C22H21NO4. The first-order valence-corrected chi connectivity index (χ1v) is 8.65. The Bertz CT molecular complexity index is 909. The number of hydrogen-bond acceptors (Lipinski definition) is 4. The number of amides is 1. The maximum absolute atomic E-state index is 12.7. The molecule has 0 spiro atoms. The van der Waals surface area contributed by atoms with Crippen LogP contribution in [0.5, 0.6) is 23.0 Å². The van der Waals surface area contributed by atoms with Crippen molar-refractivity contribution >= 4 is 11.6 Å². The minimum atomic E-state index is -0.263. The Morgan fingerprint density at radius 3 is 2.37 bits per heavy atom. The maximum atomic E-state index is 12.7. The van der Waals surface area contributed by atoms with Gasteiger partial charge in [-0.25, -0.2) is 0 Å². The van der Waals surface area contributed by atoms with E-state index in [4.69, 9.17) is 14.2 Å². The predicted molar refractivity (Wildman–Crippen MR) is 105 cm³/mol. The van der Waals surface area contributed by atoms with Gasteiger partial charge in [0, 0.05) is 5.56 Å². The number of methoxy groups -OCH3 is 1. The largest absolute Gasteiger partial charge is 0.493 e. The number of rotatable bonds is 7. The number of ether oxygens (including phenoxy) is 3. The van der Waals surface area contributed by atoms with Crippen molar-refractivity contribution in [3.63, 3.8) is 0 Å². The van der Waals surface area contributed by atoms with Crippen LogP contribution in [0.3, 0.4) is 0 Å². The van der Waals surface area contributed by atoms with Crippen molar-refractivity contribution < 1.29 is 19.0 Å². The van der Waals surface area contributed by atoms with Gasteiger partial charge in [0.15, 0.2) is 17.2 Å². The van der Waals surface area contributed by atoms with Crippen LogP contribution in [0, 0.1) is 0 Å². The van der Waals surface area contributed by atoms with E-state index in [0.717, 1.165) is 0 Å². The van der Waals surface area contributed by atoms with Gasteiger partial charge in [0.05, 0.1) is 19.4 Å². The molecule has 0 radical (unpaired) electrons. The molecule has 5 nitrogen and oxygen atoms in total. The van der Waals surface area contributed by atoms with E-state index in [1.165, 1.54) is 0 Å². The summed E-state index contributed by atoms with van der Waals surface area (Å²) in [5.74, 6) is 2.11. The van der Waals surface area contributed by atoms with Gasteiger partial charge in [-0.15, -0.1) is 0 Å². The Balaban J connectivity index is 1.80. The highest BCUT2D eigenvalue weighted by atomic mass is 16.5. The quantitative estimate of drug-likeness (QED) is 0.631. The minimum Gasteiger partial charge on any atom is -0.493 e. The molecule has 3 aromatic rings. The number of anilines is 1. The van der Waals surface area contributed by atoms with E-state index in [1.807, 2.05) is 49.4 Å². The van der Waals surface area contributed by atoms with Crippen molar-refractivity contribution in [2.75, 3.05) is 19.0 Å². The summed E-state index contributed by atoms with van der Waals surface area (Å²) in [5, 5.41) is 2.89. The van der Waals surface area contributed by atoms with E-state index in [-0.39, 0.29) is 5.91 Å². The molecule has 3 aromatic carbocycles. The van der Waals surface area contributed by atoms with Gasteiger partial charge >= 0.3 is 0 Å². The van der Waals surface area contributed by atoms with Crippen molar-refractivity contribution in [2.45, 2.75) is 6.92 Å². The Morgan fingerprint density at radius 1 is 0.889 bits per heavy atom. The topological polar surface area (TPSA) is 56.8 Å². The summed E-state index contributed by atoms with van der Waals surface area (Å²) < 4.78 is 16.7. The average Bonchev–Trinajstić information content (AvgIpc) is 2.70. The molecule has 0 atom stereocenters. The molecule has 0 unspecified atom stereocenters. The highest BCUT2D eigenvalue weighted by Crippen LogP contribution is 2.31. The van der Waals surface area contributed by atoms with Crippen LogP contribution in [0.25, 0.3) is 0 Å². The van der Waals surface area contributed by atoms with Crippen LogP contribution in [0.4, 0.5) is 5.69 Å². The van der Waals surface area contributed by atoms with Crippen molar-refractivity contribution in [1.82, 2.24) is 0 Å². The molecule has 0 bridgehead atoms. The fourth-order valence-electron chi connectivity index (χ4n) is 2.55. The molecule has 27 heavy (non-hydrogen) atoms. The number of benzene rings is 3. The molecule has 0 fully saturated rings. The van der Waals surface area contributed by atoms with Gasteiger partial charge in [0.25, 0.3) is 5.91 Å². The van der Waals surface area contributed by atoms with Crippen LogP contribution in [0.15, 0.2) is 72.8 Å². The molecule has 0 saturated heterocycles. The fourth-order valence-corrected chi connectivity index (χ4v) is 2.55. The first-order chi connectivity index (χ1) is 13.2. The van der Waals surface area contributed by atoms with E-state index >= 15 is 0 Å². The fraction of sp³-hybridized carbons (Fsp3) is 0.136. The molecule has 0 aliphatic carbocycles. The van der Waals surface area contributed by atoms with Crippen LogP contribution in [-0.4, -0.2) is 19.6 Å². The van der Waals surface area contributed by atoms with Crippen LogP contribution in [-0.2, 0) is 0 Å². The Kier molecular flexibility index (Phi) is 5.94. The molecule has 0 aliphatic heterocycles. The molecule has 0 saturated carbocycles. The number of hydrogen-bond donors (Lipinski definition) is 1. The summed E-state index contributed by atoms with van der Waals surface area (Å²) in [5.41, 5.74) is 1.05. The first-order valence-electron chi connectivity index (χ1n) is 8.65. The van der Waals surface area contributed by atoms with Crippen LogP contribution >= 0.6 is 0 Å². The summed E-state index contributed by atoms with van der Waals surface area (Å²) in [6.45, 7) is 2.41. The van der Waals surface area contributed by atoms with E-state index in [9.17, 15) is 4.79 Å². The molecule has 1 N–H and O–H groups in total. The van der Waals surface area contributed by atoms with Gasteiger partial charge in [-0.2, -0.15) is 0 Å². The molecule has 0 aliphatic rings. The second-order valence-corrected chi connectivity index (χ2v) is 5.66. The van der Waals surface area contributed by atoms with Gasteiger partial charge in [0.2, 0.25) is 0 Å². The SMILES string of the molecule is CCOc1ccc(C(=O)Nc2ccccc2Oc2ccccc2)cc1OC. The second-order valence-electron chi connectivity index (χ2n) is 5.66. The zero-order valence-electron chi connectivity index (χ0n) is 15.3. The standard InChI is InChI=1S/C22H21NO4/c1-3-26-20-14-13-16(15-21(20)25-2)22(24)23-18-11-7-8-12-19(18)27-17-9-5-4-6-10-17/h4-15H,3H2,1-2H3,(H,23,24). The zero-order chi connectivity index (χ0) is 19.1. The summed E-state index contributed by atoms with van der Waals surface area (Å²) in [4.78, 5) is 12.7. The van der Waals surface area contributed by atoms with Crippen LogP contribution < -0.4 is 19.5 Å². The monoisotopic (exact) mass is 363 g/mol. The molecular weight excluding hydrogens is 342 g/mol. The Morgan fingerprint density at radius 2 is 1.63 bits per heavy atom. The first kappa shape index (κ1) is 18.3. The van der Waals surface area contributed by atoms with Gasteiger partial charge in [-0.1, -0.05) is 30.3 Å². The van der Waals surface area contributed by atoms with E-state index in [0.29, 0.717) is 40.9 Å². The molecule has 3 rings (SSSR count). The third-order valence-electron chi connectivity index (χ3n) is 3.83. The summed E-state index contributed by atoms with van der Waals surface area (Å²) >= 11 is 0. The summed E-state index contributed by atoms with van der Waals surface area (Å²) in [6, 6.07) is 21.8. The van der Waals surface area contributed by atoms with Gasteiger partial charge in [-0.05, 0) is 49.4 Å². The molecule has 1 amide bonds. The van der Waals surface area contributed by atoms with Crippen molar-refractivity contribution in [2.24, 2.45) is 0 Å². The lowest BCUT2D eigenvalue weighted by molar-refractivity contribution is 0.102. The molecule has 138 valence electrons. The van der Waals surface area contributed by atoms with E-state index < -0.39 is 0 Å². The lowest BCUT2D eigenvalue weighted by Crippen LogP contribution is -2.13. The maximum Gasteiger partial charge on any atom is 0.255 e. The van der Waals surface area contributed by atoms with Crippen molar-refractivity contribution in [3.8, 4) is 23.0 Å². The lowest BCUT2D eigenvalue weighted by atomic mass is 10.1. The highest BCUT2D eigenvalue weighted by Gasteiger charge is 2.13. The zero-order valence-corrected chi connectivity index (χ0v) is 15.3. The van der Waals surface area contributed by atoms with Gasteiger partial charge in [-0.3, -0.25) is 4.79 Å². The number of carbonyl (C=O) groups is 1. The van der Waals surface area contributed by atoms with E-state index in [2.05, 4.69) is 5.32 Å². The highest BCUT2D eigenvalue weighted by molar-refractivity contribution is 6.05. The third-order valence-corrected chi connectivity index (χ3v) is 3.83. The number of nitrogens with one attached hydrogen (secondary N) is 1. The Hall–Kier alpha value is -3.47. The van der Waals surface area contributed by atoms with Crippen LogP contribution in [0.2, 0.25) is 0 Å². The second kappa shape index (κ2) is 8.76. The predicted octanol–water partition coefficient (Wildman–Crippen LogP) is 5.14. The normalized spacial score (nSPS) is 10.1. The smallest absolute Gasteiger partial charge is 0.255 e. The number of carbonyl (C=O) groups excluding carboxylic acids is 1. The molecule has 0 aromatic heterocycles. The van der Waals surface area contributed by atoms with Crippen molar-refractivity contribution in [1.29, 1.82) is 0 Å². The summed E-state index contributed by atoms with van der Waals surface area (Å²) in [7, 11) is 1.54. The summed E-state index contributed by atoms with van der Waals surface area (Å²) in [6.07, 6.45) is 0. The van der Waals surface area contributed by atoms with Crippen molar-refractivity contribution in [3.05, 3.63) is 78.4 Å². The van der Waals surface area contributed by atoms with E-state index in [1.54, 1.807) is 37.4 Å².